The molecule has 0 saturated heterocycles. The number of benzene rings is 3. The molecule has 3 rings (SSSR count). The van der Waals surface area contributed by atoms with Crippen molar-refractivity contribution in [3.05, 3.63) is 60.7 Å². The molecule has 5 heteroatoms. The number of nitrogen functional groups attached to an aromatic ring is 3. The third-order valence-electron chi connectivity index (χ3n) is 2.98. The Morgan fingerprint density at radius 3 is 1.57 bits per heavy atom. The maximum Gasteiger partial charge on any atom is 0.0395 e. The molecule has 7 N–H and O–H groups in total. The molecule has 21 heavy (non-hydrogen) atoms. The SMILES string of the molecule is Nc1ccc(N)c2ccccc12.Nc1ccc(SO)cc1. The molecule has 4 nitrogen and oxygen atoms in total. The Labute approximate surface area is 127 Å². The molecule has 0 radical (unpaired) electrons. The lowest BCUT2D eigenvalue weighted by molar-refractivity contribution is 0.664. The lowest BCUT2D eigenvalue weighted by atomic mass is 10.1. The van der Waals surface area contributed by atoms with Gasteiger partial charge < -0.3 is 21.8 Å². The molecule has 0 unspecified atom stereocenters. The highest BCUT2D eigenvalue weighted by Gasteiger charge is 1.98. The van der Waals surface area contributed by atoms with Crippen LogP contribution in [0.25, 0.3) is 10.8 Å². The van der Waals surface area contributed by atoms with E-state index < -0.39 is 0 Å². The quantitative estimate of drug-likeness (QED) is 0.404. The van der Waals surface area contributed by atoms with Crippen molar-refractivity contribution >= 4 is 39.9 Å². The maximum atomic E-state index is 8.50. The second kappa shape index (κ2) is 6.88. The van der Waals surface area contributed by atoms with Crippen molar-refractivity contribution < 1.29 is 4.55 Å². The van der Waals surface area contributed by atoms with E-state index in [1.807, 2.05) is 36.4 Å². The smallest absolute Gasteiger partial charge is 0.0395 e. The summed E-state index contributed by atoms with van der Waals surface area (Å²) in [5.41, 5.74) is 19.2. The van der Waals surface area contributed by atoms with E-state index in [2.05, 4.69) is 0 Å². The normalized spacial score (nSPS) is 9.95. The molecular weight excluding hydrogens is 282 g/mol. The van der Waals surface area contributed by atoms with Crippen LogP contribution in [0.3, 0.4) is 0 Å². The van der Waals surface area contributed by atoms with E-state index >= 15 is 0 Å². The van der Waals surface area contributed by atoms with Gasteiger partial charge in [-0.25, -0.2) is 0 Å². The lowest BCUT2D eigenvalue weighted by Crippen LogP contribution is -1.91. The Morgan fingerprint density at radius 2 is 1.14 bits per heavy atom. The first-order valence-electron chi connectivity index (χ1n) is 6.31. The number of nitrogens with two attached hydrogens (primary N) is 3. The summed E-state index contributed by atoms with van der Waals surface area (Å²) in [6, 6.07) is 18.5. The molecule has 0 aliphatic rings. The van der Waals surface area contributed by atoms with Crippen molar-refractivity contribution in [1.82, 2.24) is 0 Å². The van der Waals surface area contributed by atoms with Crippen LogP contribution >= 0.6 is 12.0 Å². The van der Waals surface area contributed by atoms with Crippen LogP contribution in [0.1, 0.15) is 0 Å². The molecule has 0 bridgehead atoms. The van der Waals surface area contributed by atoms with Crippen LogP contribution in [0.4, 0.5) is 17.1 Å². The van der Waals surface area contributed by atoms with Crippen LogP contribution in [0.2, 0.25) is 0 Å². The van der Waals surface area contributed by atoms with Crippen LogP contribution in [-0.4, -0.2) is 4.55 Å². The van der Waals surface area contributed by atoms with Crippen molar-refractivity contribution in [2.45, 2.75) is 4.90 Å². The van der Waals surface area contributed by atoms with E-state index in [1.165, 1.54) is 0 Å². The zero-order valence-electron chi connectivity index (χ0n) is 11.4. The molecule has 0 aliphatic heterocycles. The predicted octanol–water partition coefficient (Wildman–Crippen LogP) is 3.84. The highest BCUT2D eigenvalue weighted by Crippen LogP contribution is 2.25. The van der Waals surface area contributed by atoms with E-state index in [1.54, 1.807) is 24.3 Å². The van der Waals surface area contributed by atoms with Gasteiger partial charge in [0.05, 0.1) is 0 Å². The number of hydrogen-bond acceptors (Lipinski definition) is 5. The lowest BCUT2D eigenvalue weighted by Gasteiger charge is -2.03. The summed E-state index contributed by atoms with van der Waals surface area (Å²) in [7, 11) is 0. The number of anilines is 3. The topological polar surface area (TPSA) is 98.3 Å². The van der Waals surface area contributed by atoms with E-state index in [-0.39, 0.29) is 0 Å². The summed E-state index contributed by atoms with van der Waals surface area (Å²) < 4.78 is 8.50. The van der Waals surface area contributed by atoms with Crippen molar-refractivity contribution in [3.8, 4) is 0 Å². The Kier molecular flexibility index (Phi) is 4.92. The summed E-state index contributed by atoms with van der Waals surface area (Å²) in [4.78, 5) is 0.809. The molecule has 0 atom stereocenters. The van der Waals surface area contributed by atoms with Gasteiger partial charge in [0.25, 0.3) is 0 Å². The largest absolute Gasteiger partial charge is 0.399 e. The average Bonchev–Trinajstić information content (AvgIpc) is 2.53. The molecule has 0 aliphatic carbocycles. The second-order valence-corrected chi connectivity index (χ2v) is 5.10. The first-order chi connectivity index (χ1) is 10.1. The summed E-state index contributed by atoms with van der Waals surface area (Å²) in [5, 5.41) is 2.05. The van der Waals surface area contributed by atoms with Crippen LogP contribution in [0.15, 0.2) is 65.6 Å². The maximum absolute atomic E-state index is 8.50. The van der Waals surface area contributed by atoms with Gasteiger partial charge in [0.2, 0.25) is 0 Å². The molecule has 108 valence electrons. The highest BCUT2D eigenvalue weighted by atomic mass is 32.2. The Bertz CT molecular complexity index is 689. The second-order valence-electron chi connectivity index (χ2n) is 4.45. The minimum absolute atomic E-state index is 0.716. The third-order valence-corrected chi connectivity index (χ3v) is 3.46. The van der Waals surface area contributed by atoms with Gasteiger partial charge in [0.15, 0.2) is 0 Å². The van der Waals surface area contributed by atoms with Gasteiger partial charge in [-0.1, -0.05) is 24.3 Å². The number of hydrogen-bond donors (Lipinski definition) is 4. The zero-order valence-corrected chi connectivity index (χ0v) is 12.2. The van der Waals surface area contributed by atoms with Gasteiger partial charge >= 0.3 is 0 Å². The monoisotopic (exact) mass is 299 g/mol. The van der Waals surface area contributed by atoms with Crippen LogP contribution < -0.4 is 17.2 Å². The number of fused-ring (bicyclic) bond motifs is 1. The zero-order chi connectivity index (χ0) is 15.2. The summed E-state index contributed by atoms with van der Waals surface area (Å²) >= 11 is 0.722. The van der Waals surface area contributed by atoms with Gasteiger partial charge in [0, 0.05) is 44.8 Å². The summed E-state index contributed by atoms with van der Waals surface area (Å²) in [6.45, 7) is 0. The van der Waals surface area contributed by atoms with Gasteiger partial charge in [-0.3, -0.25) is 0 Å². The van der Waals surface area contributed by atoms with E-state index in [0.717, 1.165) is 39.1 Å². The molecule has 0 spiro atoms. The average molecular weight is 299 g/mol. The van der Waals surface area contributed by atoms with Crippen molar-refractivity contribution in [2.24, 2.45) is 0 Å². The molecule has 0 saturated carbocycles. The molecule has 0 heterocycles. The summed E-state index contributed by atoms with van der Waals surface area (Å²) in [5.74, 6) is 0. The first kappa shape index (κ1) is 15.0. The van der Waals surface area contributed by atoms with Crippen molar-refractivity contribution in [1.29, 1.82) is 0 Å². The van der Waals surface area contributed by atoms with Crippen LogP contribution in [0.5, 0.6) is 0 Å². The molecule has 3 aromatic carbocycles. The minimum Gasteiger partial charge on any atom is -0.399 e. The molecular formula is C16H17N3OS. The van der Waals surface area contributed by atoms with Crippen molar-refractivity contribution in [3.63, 3.8) is 0 Å². The first-order valence-corrected chi connectivity index (χ1v) is 7.09. The van der Waals surface area contributed by atoms with Gasteiger partial charge in [-0.15, -0.1) is 0 Å². The molecule has 0 fully saturated rings. The molecule has 3 aromatic rings. The fourth-order valence-corrected chi connectivity index (χ4v) is 2.13. The standard InChI is InChI=1S/C10H10N2.C6H7NOS/c11-9-5-6-10(12)8-4-2-1-3-7(8)9;7-5-1-3-6(9-8)4-2-5/h1-6H,11-12H2;1-4,8H,7H2. The van der Waals surface area contributed by atoms with Crippen LogP contribution in [0, 0.1) is 0 Å². The van der Waals surface area contributed by atoms with Crippen LogP contribution in [-0.2, 0) is 0 Å². The predicted molar refractivity (Wildman–Crippen MR) is 92.1 cm³/mol. The fraction of sp³-hybridized carbons (Fsp3) is 0. The van der Waals surface area contributed by atoms with E-state index in [0.29, 0.717) is 5.69 Å². The minimum atomic E-state index is 0.716. The van der Waals surface area contributed by atoms with Gasteiger partial charge in [0.1, 0.15) is 0 Å². The molecule has 0 amide bonds. The Hall–Kier alpha value is -2.37. The van der Waals surface area contributed by atoms with E-state index in [4.69, 9.17) is 21.8 Å². The highest BCUT2D eigenvalue weighted by molar-refractivity contribution is 7.93. The summed E-state index contributed by atoms with van der Waals surface area (Å²) in [6.07, 6.45) is 0. The third kappa shape index (κ3) is 3.81. The van der Waals surface area contributed by atoms with Gasteiger partial charge in [-0.05, 0) is 36.4 Å². The van der Waals surface area contributed by atoms with Crippen molar-refractivity contribution in [2.75, 3.05) is 17.2 Å². The van der Waals surface area contributed by atoms with E-state index in [9.17, 15) is 0 Å². The Morgan fingerprint density at radius 1 is 0.667 bits per heavy atom. The fourth-order valence-electron chi connectivity index (χ4n) is 1.87. The number of rotatable bonds is 1. The molecule has 0 aromatic heterocycles. The Balaban J connectivity index is 0.000000161. The van der Waals surface area contributed by atoms with Gasteiger partial charge in [-0.2, -0.15) is 0 Å².